The number of amides is 1. The first-order chi connectivity index (χ1) is 12.0. The third-order valence-electron chi connectivity index (χ3n) is 3.58. The van der Waals surface area contributed by atoms with E-state index in [0.717, 1.165) is 22.5 Å². The summed E-state index contributed by atoms with van der Waals surface area (Å²) in [6.45, 7) is 3.84. The van der Waals surface area contributed by atoms with Crippen LogP contribution in [0.25, 0.3) is 0 Å². The zero-order valence-corrected chi connectivity index (χ0v) is 16.3. The quantitative estimate of drug-likeness (QED) is 0.542. The Balaban J connectivity index is 1.92. The van der Waals surface area contributed by atoms with Crippen molar-refractivity contribution < 1.29 is 9.21 Å². The Morgan fingerprint density at radius 1 is 1.44 bits per heavy atom. The van der Waals surface area contributed by atoms with E-state index in [1.807, 2.05) is 38.2 Å². The largest absolute Gasteiger partial charge is 0.467 e. The maximum Gasteiger partial charge on any atom is 0.242 e. The SMILES string of the molecule is CCNC(=NCC(=O)NCc1ccco1)N(C)Cc1cc(Br)cn1C. The minimum absolute atomic E-state index is 0.0597. The molecule has 0 spiro atoms. The molecule has 2 aromatic heterocycles. The predicted octanol–water partition coefficient (Wildman–Crippen LogP) is 2.09. The van der Waals surface area contributed by atoms with E-state index in [-0.39, 0.29) is 12.5 Å². The molecule has 136 valence electrons. The van der Waals surface area contributed by atoms with Crippen molar-refractivity contribution in [3.63, 3.8) is 0 Å². The van der Waals surface area contributed by atoms with E-state index in [1.54, 1.807) is 12.3 Å². The lowest BCUT2D eigenvalue weighted by Gasteiger charge is -2.22. The number of rotatable bonds is 7. The normalized spacial score (nSPS) is 11.4. The van der Waals surface area contributed by atoms with Gasteiger partial charge < -0.3 is 24.5 Å². The second-order valence-corrected chi connectivity index (χ2v) is 6.56. The molecule has 25 heavy (non-hydrogen) atoms. The molecule has 0 radical (unpaired) electrons. The molecule has 0 unspecified atom stereocenters. The monoisotopic (exact) mass is 409 g/mol. The lowest BCUT2D eigenvalue weighted by Crippen LogP contribution is -2.39. The van der Waals surface area contributed by atoms with E-state index in [1.165, 1.54) is 0 Å². The van der Waals surface area contributed by atoms with Gasteiger partial charge in [0.05, 0.1) is 19.4 Å². The van der Waals surface area contributed by atoms with E-state index < -0.39 is 0 Å². The van der Waals surface area contributed by atoms with Crippen molar-refractivity contribution in [3.8, 4) is 0 Å². The lowest BCUT2D eigenvalue weighted by molar-refractivity contribution is -0.119. The molecule has 0 bridgehead atoms. The van der Waals surface area contributed by atoms with Crippen molar-refractivity contribution in [2.24, 2.45) is 12.0 Å². The molecule has 7 nitrogen and oxygen atoms in total. The van der Waals surface area contributed by atoms with Crippen LogP contribution in [0.3, 0.4) is 0 Å². The van der Waals surface area contributed by atoms with Crippen LogP contribution >= 0.6 is 15.9 Å². The molecule has 0 aliphatic heterocycles. The highest BCUT2D eigenvalue weighted by Crippen LogP contribution is 2.14. The van der Waals surface area contributed by atoms with Crippen molar-refractivity contribution in [2.75, 3.05) is 20.1 Å². The molecule has 8 heteroatoms. The van der Waals surface area contributed by atoms with Gasteiger partial charge in [-0.1, -0.05) is 0 Å². The fraction of sp³-hybridized carbons (Fsp3) is 0.412. The number of aromatic nitrogens is 1. The molecular weight excluding hydrogens is 386 g/mol. The number of hydrogen-bond acceptors (Lipinski definition) is 3. The van der Waals surface area contributed by atoms with Crippen molar-refractivity contribution >= 4 is 27.8 Å². The summed E-state index contributed by atoms with van der Waals surface area (Å²) in [5, 5.41) is 6.00. The predicted molar refractivity (Wildman–Crippen MR) is 101 cm³/mol. The Kier molecular flexibility index (Phi) is 7.12. The smallest absolute Gasteiger partial charge is 0.242 e. The zero-order valence-electron chi connectivity index (χ0n) is 14.8. The fourth-order valence-electron chi connectivity index (χ4n) is 2.31. The van der Waals surface area contributed by atoms with Gasteiger partial charge in [-0.15, -0.1) is 0 Å². The number of guanidine groups is 1. The van der Waals surface area contributed by atoms with Crippen LogP contribution < -0.4 is 10.6 Å². The summed E-state index contributed by atoms with van der Waals surface area (Å²) in [6.07, 6.45) is 3.59. The van der Waals surface area contributed by atoms with Crippen LogP contribution in [0.15, 0.2) is 44.5 Å². The fourth-order valence-corrected chi connectivity index (χ4v) is 2.88. The summed E-state index contributed by atoms with van der Waals surface area (Å²) < 4.78 is 8.28. The molecule has 0 aliphatic rings. The summed E-state index contributed by atoms with van der Waals surface area (Å²) in [5.74, 6) is 1.26. The average Bonchev–Trinajstić information content (AvgIpc) is 3.19. The zero-order chi connectivity index (χ0) is 18.2. The molecule has 2 rings (SSSR count). The van der Waals surface area contributed by atoms with Gasteiger partial charge in [-0.05, 0) is 41.1 Å². The van der Waals surface area contributed by atoms with Gasteiger partial charge in [0.1, 0.15) is 12.3 Å². The minimum Gasteiger partial charge on any atom is -0.467 e. The van der Waals surface area contributed by atoms with Crippen molar-refractivity contribution in [1.82, 2.24) is 20.1 Å². The first-order valence-corrected chi connectivity index (χ1v) is 8.88. The molecule has 0 aliphatic carbocycles. The first-order valence-electron chi connectivity index (χ1n) is 8.09. The second-order valence-electron chi connectivity index (χ2n) is 5.64. The van der Waals surface area contributed by atoms with E-state index in [4.69, 9.17) is 4.42 Å². The van der Waals surface area contributed by atoms with Crippen LogP contribution in [-0.2, 0) is 24.9 Å². The third kappa shape index (κ3) is 5.97. The molecule has 1 amide bonds. The number of aliphatic imine (C=N–C) groups is 1. The van der Waals surface area contributed by atoms with Gasteiger partial charge in [-0.2, -0.15) is 0 Å². The molecular formula is C17H24BrN5O2. The maximum atomic E-state index is 12.0. The highest BCUT2D eigenvalue weighted by molar-refractivity contribution is 9.10. The van der Waals surface area contributed by atoms with Crippen molar-refractivity contribution in [2.45, 2.75) is 20.0 Å². The number of nitrogens with zero attached hydrogens (tertiary/aromatic N) is 3. The second kappa shape index (κ2) is 9.31. The molecule has 2 N–H and O–H groups in total. The van der Waals surface area contributed by atoms with Crippen LogP contribution in [0.1, 0.15) is 18.4 Å². The average molecular weight is 410 g/mol. The summed E-state index contributed by atoms with van der Waals surface area (Å²) in [7, 11) is 3.95. The Morgan fingerprint density at radius 2 is 2.24 bits per heavy atom. The van der Waals surface area contributed by atoms with E-state index in [9.17, 15) is 4.79 Å². The van der Waals surface area contributed by atoms with Crippen LogP contribution in [0.4, 0.5) is 0 Å². The summed E-state index contributed by atoms with van der Waals surface area (Å²) in [4.78, 5) is 18.4. The molecule has 0 saturated heterocycles. The Morgan fingerprint density at radius 3 is 2.84 bits per heavy atom. The number of carbonyl (C=O) groups is 1. The van der Waals surface area contributed by atoms with Crippen LogP contribution in [-0.4, -0.2) is 41.5 Å². The highest BCUT2D eigenvalue weighted by atomic mass is 79.9. The molecule has 0 fully saturated rings. The topological polar surface area (TPSA) is 74.8 Å². The van der Waals surface area contributed by atoms with Gasteiger partial charge in [0.2, 0.25) is 5.91 Å². The van der Waals surface area contributed by atoms with Crippen molar-refractivity contribution in [1.29, 1.82) is 0 Å². The number of carbonyl (C=O) groups excluding carboxylic acids is 1. The highest BCUT2D eigenvalue weighted by Gasteiger charge is 2.10. The Hall–Kier alpha value is -2.22. The Labute approximate surface area is 156 Å². The van der Waals surface area contributed by atoms with E-state index in [2.05, 4.69) is 42.2 Å². The van der Waals surface area contributed by atoms with Crippen molar-refractivity contribution in [3.05, 3.63) is 46.6 Å². The number of halogens is 1. The van der Waals surface area contributed by atoms with Gasteiger partial charge >= 0.3 is 0 Å². The molecule has 2 heterocycles. The van der Waals surface area contributed by atoms with Gasteiger partial charge in [0, 0.05) is 37.0 Å². The maximum absolute atomic E-state index is 12.0. The molecule has 0 saturated carbocycles. The summed E-state index contributed by atoms with van der Waals surface area (Å²) in [5.41, 5.74) is 1.14. The number of hydrogen-bond donors (Lipinski definition) is 2. The molecule has 2 aromatic rings. The summed E-state index contributed by atoms with van der Waals surface area (Å²) >= 11 is 3.48. The van der Waals surface area contributed by atoms with Crippen LogP contribution in [0.2, 0.25) is 0 Å². The van der Waals surface area contributed by atoms with E-state index in [0.29, 0.717) is 19.0 Å². The van der Waals surface area contributed by atoms with Crippen LogP contribution in [0, 0.1) is 0 Å². The van der Waals surface area contributed by atoms with E-state index >= 15 is 0 Å². The third-order valence-corrected chi connectivity index (χ3v) is 4.02. The minimum atomic E-state index is -0.151. The Bertz CT molecular complexity index is 709. The lowest BCUT2D eigenvalue weighted by atomic mass is 10.4. The van der Waals surface area contributed by atoms with Gasteiger partial charge in [-0.25, -0.2) is 4.99 Å². The number of aryl methyl sites for hydroxylation is 1. The van der Waals surface area contributed by atoms with Gasteiger partial charge in [-0.3, -0.25) is 4.79 Å². The van der Waals surface area contributed by atoms with Gasteiger partial charge in [0.15, 0.2) is 5.96 Å². The number of furan rings is 1. The van der Waals surface area contributed by atoms with Crippen LogP contribution in [0.5, 0.6) is 0 Å². The number of nitrogens with one attached hydrogen (secondary N) is 2. The summed E-state index contributed by atoms with van der Waals surface area (Å²) in [6, 6.07) is 5.68. The molecule has 0 aromatic carbocycles. The van der Waals surface area contributed by atoms with Gasteiger partial charge in [0.25, 0.3) is 0 Å². The standard InChI is InChI=1S/C17H24BrN5O2/c1-4-19-17(23(3)12-14-8-13(18)11-22(14)2)21-10-16(24)20-9-15-6-5-7-25-15/h5-8,11H,4,9-10,12H2,1-3H3,(H,19,21)(H,20,24). The molecule has 0 atom stereocenters. The first kappa shape index (κ1) is 19.1.